The molecule has 0 atom stereocenters. The summed E-state index contributed by atoms with van der Waals surface area (Å²) in [7, 11) is 0. The van der Waals surface area contributed by atoms with Gasteiger partial charge in [0.25, 0.3) is 0 Å². The van der Waals surface area contributed by atoms with Gasteiger partial charge in [-0.1, -0.05) is 0 Å². The normalized spacial score (nSPS) is 16.0. The van der Waals surface area contributed by atoms with Crippen LogP contribution in [0.4, 0.5) is 0 Å². The first-order valence-corrected chi connectivity index (χ1v) is 6.20. The van der Waals surface area contributed by atoms with Gasteiger partial charge in [-0.25, -0.2) is 4.98 Å². The highest BCUT2D eigenvalue weighted by atomic mass is 32.1. The van der Waals surface area contributed by atoms with E-state index >= 15 is 0 Å². The molecule has 3 nitrogen and oxygen atoms in total. The van der Waals surface area contributed by atoms with Crippen LogP contribution < -0.4 is 10.6 Å². The molecule has 0 aromatic carbocycles. The van der Waals surface area contributed by atoms with Crippen LogP contribution in [0, 0.1) is 0 Å². The summed E-state index contributed by atoms with van der Waals surface area (Å²) in [6, 6.07) is 0.841. The van der Waals surface area contributed by atoms with Gasteiger partial charge >= 0.3 is 0 Å². The van der Waals surface area contributed by atoms with E-state index in [1.165, 1.54) is 19.3 Å². The molecule has 1 saturated carbocycles. The van der Waals surface area contributed by atoms with Gasteiger partial charge in [0, 0.05) is 18.0 Å². The van der Waals surface area contributed by atoms with E-state index in [1.807, 2.05) is 5.51 Å². The molecule has 0 amide bonds. The van der Waals surface area contributed by atoms with Crippen LogP contribution in [0.2, 0.25) is 0 Å². The minimum atomic E-state index is 0.841. The van der Waals surface area contributed by atoms with Crippen LogP contribution in [0.25, 0.3) is 0 Å². The van der Waals surface area contributed by atoms with Crippen LogP contribution in [0.5, 0.6) is 0 Å². The van der Waals surface area contributed by atoms with Crippen molar-refractivity contribution < 1.29 is 0 Å². The van der Waals surface area contributed by atoms with E-state index in [2.05, 4.69) is 21.0 Å². The molecule has 0 bridgehead atoms. The van der Waals surface area contributed by atoms with E-state index in [1.54, 1.807) is 11.3 Å². The van der Waals surface area contributed by atoms with E-state index < -0.39 is 0 Å². The lowest BCUT2D eigenvalue weighted by molar-refractivity contribution is 0.590. The molecular weight excluding hydrogens is 194 g/mol. The molecule has 1 aliphatic carbocycles. The number of rotatable bonds is 7. The molecular formula is C10H17N3S. The average Bonchev–Trinajstić information content (AvgIpc) is 2.87. The van der Waals surface area contributed by atoms with E-state index in [4.69, 9.17) is 0 Å². The van der Waals surface area contributed by atoms with Gasteiger partial charge < -0.3 is 10.6 Å². The highest BCUT2D eigenvalue weighted by Gasteiger charge is 2.19. The molecule has 1 aromatic rings. The second-order valence-corrected chi connectivity index (χ2v) is 4.46. The van der Waals surface area contributed by atoms with E-state index in [-0.39, 0.29) is 0 Å². The van der Waals surface area contributed by atoms with Gasteiger partial charge in [0.2, 0.25) is 0 Å². The molecule has 0 saturated heterocycles. The Morgan fingerprint density at radius 1 is 1.43 bits per heavy atom. The molecule has 0 spiro atoms. The van der Waals surface area contributed by atoms with Gasteiger partial charge in [-0.2, -0.15) is 0 Å². The summed E-state index contributed by atoms with van der Waals surface area (Å²) in [5.74, 6) is 0. The Morgan fingerprint density at radius 3 is 3.07 bits per heavy atom. The maximum atomic E-state index is 4.21. The molecule has 1 fully saturated rings. The Hall–Kier alpha value is -0.450. The van der Waals surface area contributed by atoms with Crippen molar-refractivity contribution in [1.29, 1.82) is 0 Å². The average molecular weight is 211 g/mol. The summed E-state index contributed by atoms with van der Waals surface area (Å²) in [5.41, 5.74) is 3.04. The van der Waals surface area contributed by atoms with Gasteiger partial charge in [-0.3, -0.25) is 0 Å². The Bertz CT molecular complexity index is 244. The Morgan fingerprint density at radius 2 is 2.36 bits per heavy atom. The van der Waals surface area contributed by atoms with Gasteiger partial charge in [0.15, 0.2) is 0 Å². The van der Waals surface area contributed by atoms with Gasteiger partial charge in [-0.05, 0) is 32.4 Å². The third-order valence-electron chi connectivity index (χ3n) is 2.33. The molecule has 14 heavy (non-hydrogen) atoms. The van der Waals surface area contributed by atoms with E-state index in [0.29, 0.717) is 0 Å². The van der Waals surface area contributed by atoms with Crippen molar-refractivity contribution in [2.24, 2.45) is 0 Å². The first-order chi connectivity index (χ1) is 6.95. The third-order valence-corrected chi connectivity index (χ3v) is 2.97. The largest absolute Gasteiger partial charge is 0.314 e. The van der Waals surface area contributed by atoms with E-state index in [9.17, 15) is 0 Å². The van der Waals surface area contributed by atoms with Gasteiger partial charge in [-0.15, -0.1) is 11.3 Å². The highest BCUT2D eigenvalue weighted by molar-refractivity contribution is 7.07. The SMILES string of the molecule is c1nc(CNCCCNC2CC2)cs1. The summed E-state index contributed by atoms with van der Waals surface area (Å²) in [6.45, 7) is 3.14. The van der Waals surface area contributed by atoms with Crippen molar-refractivity contribution in [3.05, 3.63) is 16.6 Å². The van der Waals surface area contributed by atoms with E-state index in [0.717, 1.165) is 31.4 Å². The molecule has 2 N–H and O–H groups in total. The van der Waals surface area contributed by atoms with Crippen molar-refractivity contribution in [2.75, 3.05) is 13.1 Å². The quantitative estimate of drug-likeness (QED) is 0.669. The number of nitrogens with one attached hydrogen (secondary N) is 2. The zero-order chi connectivity index (χ0) is 9.64. The second kappa shape index (κ2) is 5.44. The molecule has 1 heterocycles. The summed E-state index contributed by atoms with van der Waals surface area (Å²) < 4.78 is 0. The third kappa shape index (κ3) is 3.74. The zero-order valence-electron chi connectivity index (χ0n) is 8.33. The topological polar surface area (TPSA) is 37.0 Å². The van der Waals surface area contributed by atoms with Crippen molar-refractivity contribution in [2.45, 2.75) is 31.8 Å². The summed E-state index contributed by atoms with van der Waals surface area (Å²) in [4.78, 5) is 4.21. The smallest absolute Gasteiger partial charge is 0.0795 e. The Kier molecular flexibility index (Phi) is 3.91. The van der Waals surface area contributed by atoms with Crippen molar-refractivity contribution in [3.63, 3.8) is 0 Å². The fourth-order valence-electron chi connectivity index (χ4n) is 1.35. The molecule has 4 heteroatoms. The fraction of sp³-hybridized carbons (Fsp3) is 0.700. The Balaban J connectivity index is 1.43. The first kappa shape index (κ1) is 10.1. The molecule has 2 rings (SSSR count). The number of nitrogens with zero attached hydrogens (tertiary/aromatic N) is 1. The first-order valence-electron chi connectivity index (χ1n) is 5.26. The van der Waals surface area contributed by atoms with Crippen LogP contribution in [-0.2, 0) is 6.54 Å². The zero-order valence-corrected chi connectivity index (χ0v) is 9.15. The van der Waals surface area contributed by atoms with Gasteiger partial charge in [0.1, 0.15) is 0 Å². The van der Waals surface area contributed by atoms with Crippen molar-refractivity contribution in [3.8, 4) is 0 Å². The standard InChI is InChI=1S/C10H17N3S/c1(5-12-9-2-3-9)4-11-6-10-7-14-8-13-10/h7-9,11-12H,1-6H2. The Labute approximate surface area is 88.9 Å². The summed E-state index contributed by atoms with van der Waals surface area (Å²) in [6.07, 6.45) is 3.97. The predicted octanol–water partition coefficient (Wildman–Crippen LogP) is 1.37. The number of aromatic nitrogens is 1. The summed E-state index contributed by atoms with van der Waals surface area (Å²) >= 11 is 1.66. The lowest BCUT2D eigenvalue weighted by Crippen LogP contribution is -2.23. The maximum absolute atomic E-state index is 4.21. The molecule has 1 aliphatic rings. The van der Waals surface area contributed by atoms with Crippen LogP contribution in [0.15, 0.2) is 10.9 Å². The molecule has 0 aliphatic heterocycles. The number of thiazole rings is 1. The second-order valence-electron chi connectivity index (χ2n) is 3.74. The molecule has 78 valence electrons. The lowest BCUT2D eigenvalue weighted by atomic mass is 10.4. The monoisotopic (exact) mass is 211 g/mol. The van der Waals surface area contributed by atoms with Crippen molar-refractivity contribution >= 4 is 11.3 Å². The number of hydrogen-bond acceptors (Lipinski definition) is 4. The van der Waals surface area contributed by atoms with Crippen molar-refractivity contribution in [1.82, 2.24) is 15.6 Å². The molecule has 0 unspecified atom stereocenters. The highest BCUT2D eigenvalue weighted by Crippen LogP contribution is 2.18. The maximum Gasteiger partial charge on any atom is 0.0795 e. The summed E-state index contributed by atoms with van der Waals surface area (Å²) in [5, 5.41) is 8.98. The fourth-order valence-corrected chi connectivity index (χ4v) is 1.91. The van der Waals surface area contributed by atoms with Crippen LogP contribution in [-0.4, -0.2) is 24.1 Å². The predicted molar refractivity (Wildman–Crippen MR) is 59.5 cm³/mol. The van der Waals surface area contributed by atoms with Gasteiger partial charge in [0.05, 0.1) is 11.2 Å². The van der Waals surface area contributed by atoms with Crippen LogP contribution in [0.3, 0.4) is 0 Å². The van der Waals surface area contributed by atoms with Crippen LogP contribution >= 0.6 is 11.3 Å². The lowest BCUT2D eigenvalue weighted by Gasteiger charge is -2.03. The minimum absolute atomic E-state index is 0.841. The van der Waals surface area contributed by atoms with Crippen LogP contribution in [0.1, 0.15) is 25.0 Å². The molecule has 0 radical (unpaired) electrons. The minimum Gasteiger partial charge on any atom is -0.314 e. The number of hydrogen-bond donors (Lipinski definition) is 2. The molecule has 1 aromatic heterocycles.